The number of carbonyl (C=O) groups is 1. The topological polar surface area (TPSA) is 87.0 Å². The molecule has 3 unspecified atom stereocenters. The SMILES string of the molecule is CC1(c2ccc(O)cc2)CSc2cc(O)ccc2C1c1ccc(OCCCCCCC(CCCC(F)(F)C(F)(F)F)C(=O)O)cc1. The van der Waals surface area contributed by atoms with Crippen molar-refractivity contribution < 1.29 is 46.8 Å². The minimum Gasteiger partial charge on any atom is -0.508 e. The van der Waals surface area contributed by atoms with Gasteiger partial charge in [0.15, 0.2) is 0 Å². The van der Waals surface area contributed by atoms with E-state index in [0.717, 1.165) is 33.8 Å². The van der Waals surface area contributed by atoms with Crippen LogP contribution in [0.3, 0.4) is 0 Å². The number of aromatic hydroxyl groups is 2. The van der Waals surface area contributed by atoms with E-state index in [-0.39, 0.29) is 35.7 Å². The van der Waals surface area contributed by atoms with Gasteiger partial charge in [-0.25, -0.2) is 0 Å². The summed E-state index contributed by atoms with van der Waals surface area (Å²) in [7, 11) is 0. The van der Waals surface area contributed by atoms with Gasteiger partial charge in [-0.05, 0) is 78.8 Å². The molecular formula is C35H39F5O5S. The Morgan fingerprint density at radius 2 is 1.52 bits per heavy atom. The van der Waals surface area contributed by atoms with Gasteiger partial charge in [-0.3, -0.25) is 4.79 Å². The third kappa shape index (κ3) is 8.66. The Hall–Kier alpha value is -3.47. The van der Waals surface area contributed by atoms with Gasteiger partial charge in [-0.2, -0.15) is 22.0 Å². The molecule has 0 saturated heterocycles. The molecule has 4 rings (SSSR count). The number of rotatable bonds is 15. The summed E-state index contributed by atoms with van der Waals surface area (Å²) in [5, 5.41) is 29.3. The molecule has 0 saturated carbocycles. The van der Waals surface area contributed by atoms with Crippen molar-refractivity contribution in [1.29, 1.82) is 0 Å². The van der Waals surface area contributed by atoms with Crippen LogP contribution in [0.15, 0.2) is 71.6 Å². The smallest absolute Gasteiger partial charge is 0.453 e. The first kappa shape index (κ1) is 35.4. The molecule has 0 aliphatic carbocycles. The lowest BCUT2D eigenvalue weighted by atomic mass is 9.67. The number of carboxylic acids is 1. The molecule has 3 aromatic carbocycles. The summed E-state index contributed by atoms with van der Waals surface area (Å²) >= 11 is 1.70. The van der Waals surface area contributed by atoms with Crippen LogP contribution in [0.2, 0.25) is 0 Å². The molecule has 3 atom stereocenters. The number of aliphatic carboxylic acids is 1. The van der Waals surface area contributed by atoms with Gasteiger partial charge in [0.2, 0.25) is 0 Å². The van der Waals surface area contributed by atoms with Crippen LogP contribution in [0.1, 0.15) is 80.9 Å². The van der Waals surface area contributed by atoms with Crippen molar-refractivity contribution in [2.45, 2.75) is 86.6 Å². The number of hydrogen-bond donors (Lipinski definition) is 3. The van der Waals surface area contributed by atoms with Crippen molar-refractivity contribution in [3.8, 4) is 17.2 Å². The molecule has 1 aliphatic rings. The summed E-state index contributed by atoms with van der Waals surface area (Å²) in [6, 6.07) is 20.7. The molecule has 46 heavy (non-hydrogen) atoms. The molecule has 0 spiro atoms. The van der Waals surface area contributed by atoms with Crippen molar-refractivity contribution in [2.75, 3.05) is 12.4 Å². The summed E-state index contributed by atoms with van der Waals surface area (Å²) < 4.78 is 69.2. The van der Waals surface area contributed by atoms with Gasteiger partial charge >= 0.3 is 18.1 Å². The zero-order valence-corrected chi connectivity index (χ0v) is 26.3. The van der Waals surface area contributed by atoms with E-state index in [1.54, 1.807) is 36.0 Å². The Morgan fingerprint density at radius 1 is 0.891 bits per heavy atom. The third-order valence-corrected chi connectivity index (χ3v) is 10.1. The lowest BCUT2D eigenvalue weighted by Crippen LogP contribution is -2.36. The van der Waals surface area contributed by atoms with Crippen LogP contribution in [0.5, 0.6) is 17.2 Å². The lowest BCUT2D eigenvalue weighted by Gasteiger charge is -2.43. The molecule has 5 nitrogen and oxygen atoms in total. The van der Waals surface area contributed by atoms with E-state index < -0.39 is 36.8 Å². The number of hydrogen-bond acceptors (Lipinski definition) is 5. The van der Waals surface area contributed by atoms with Crippen molar-refractivity contribution >= 4 is 17.7 Å². The maximum atomic E-state index is 13.1. The molecule has 3 N–H and O–H groups in total. The molecule has 0 amide bonds. The highest BCUT2D eigenvalue weighted by molar-refractivity contribution is 7.99. The van der Waals surface area contributed by atoms with Gasteiger partial charge in [0, 0.05) is 28.4 Å². The average Bonchev–Trinajstić information content (AvgIpc) is 2.99. The van der Waals surface area contributed by atoms with E-state index in [1.165, 1.54) is 0 Å². The molecule has 0 aromatic heterocycles. The minimum absolute atomic E-state index is 0.0151. The van der Waals surface area contributed by atoms with E-state index in [9.17, 15) is 42.1 Å². The summed E-state index contributed by atoms with van der Waals surface area (Å²) in [5.74, 6) is -5.05. The zero-order chi connectivity index (χ0) is 33.5. The Labute approximate surface area is 269 Å². The fourth-order valence-electron chi connectivity index (χ4n) is 6.08. The minimum atomic E-state index is -5.63. The van der Waals surface area contributed by atoms with Gasteiger partial charge in [0.05, 0.1) is 12.5 Å². The highest BCUT2D eigenvalue weighted by Gasteiger charge is 2.56. The molecule has 3 aromatic rings. The highest BCUT2D eigenvalue weighted by atomic mass is 32.2. The molecule has 1 aliphatic heterocycles. The fourth-order valence-corrected chi connectivity index (χ4v) is 7.42. The van der Waals surface area contributed by atoms with Crippen LogP contribution in [0, 0.1) is 5.92 Å². The van der Waals surface area contributed by atoms with Crippen molar-refractivity contribution in [3.63, 3.8) is 0 Å². The highest BCUT2D eigenvalue weighted by Crippen LogP contribution is 2.53. The molecule has 0 bridgehead atoms. The number of ether oxygens (including phenoxy) is 1. The first-order chi connectivity index (χ1) is 21.7. The largest absolute Gasteiger partial charge is 0.508 e. The number of phenolic OH excluding ortho intramolecular Hbond substituents is 2. The summed E-state index contributed by atoms with van der Waals surface area (Å²) in [4.78, 5) is 12.5. The van der Waals surface area contributed by atoms with E-state index >= 15 is 0 Å². The second kappa shape index (κ2) is 15.0. The Balaban J connectivity index is 1.28. The predicted molar refractivity (Wildman–Crippen MR) is 167 cm³/mol. The second-order valence-corrected chi connectivity index (χ2v) is 13.2. The molecule has 250 valence electrons. The number of alkyl halides is 5. The first-order valence-corrected chi connectivity index (χ1v) is 16.4. The standard InChI is InChI=1S/C35H39F5O5S/c1-33(25-11-13-26(41)14-12-25)22-46-30-21-27(42)15-18-29(30)31(33)23-9-16-28(17-10-23)45-20-5-3-2-4-7-24(32(43)44)8-6-19-34(36,37)35(38,39)40/h9-18,21,24,31,41-42H,2-8,19-20,22H2,1H3,(H,43,44). The second-order valence-electron chi connectivity index (χ2n) is 12.2. The molecule has 0 fully saturated rings. The summed E-state index contributed by atoms with van der Waals surface area (Å²) in [6.45, 7) is 2.66. The average molecular weight is 667 g/mol. The molecule has 11 heteroatoms. The van der Waals surface area contributed by atoms with Crippen LogP contribution in [-0.2, 0) is 10.2 Å². The van der Waals surface area contributed by atoms with E-state index in [4.69, 9.17) is 4.74 Å². The van der Waals surface area contributed by atoms with E-state index in [2.05, 4.69) is 6.92 Å². The fraction of sp³-hybridized carbons (Fsp3) is 0.457. The number of halogens is 5. The number of benzene rings is 3. The van der Waals surface area contributed by atoms with E-state index in [1.807, 2.05) is 42.5 Å². The quantitative estimate of drug-likeness (QED) is 0.111. The van der Waals surface area contributed by atoms with Crippen LogP contribution < -0.4 is 4.74 Å². The monoisotopic (exact) mass is 666 g/mol. The van der Waals surface area contributed by atoms with Crippen molar-refractivity contribution in [3.05, 3.63) is 83.4 Å². The summed E-state index contributed by atoms with van der Waals surface area (Å²) in [5.41, 5.74) is 3.01. The number of phenols is 2. The number of unbranched alkanes of at least 4 members (excludes halogenated alkanes) is 3. The third-order valence-electron chi connectivity index (χ3n) is 8.74. The maximum Gasteiger partial charge on any atom is 0.453 e. The molecule has 0 radical (unpaired) electrons. The number of thioether (sulfide) groups is 1. The predicted octanol–water partition coefficient (Wildman–Crippen LogP) is 9.69. The van der Waals surface area contributed by atoms with E-state index in [0.29, 0.717) is 31.6 Å². The van der Waals surface area contributed by atoms with Crippen molar-refractivity contribution in [1.82, 2.24) is 0 Å². The van der Waals surface area contributed by atoms with Crippen LogP contribution in [0.25, 0.3) is 0 Å². The lowest BCUT2D eigenvalue weighted by molar-refractivity contribution is -0.284. The van der Waals surface area contributed by atoms with Gasteiger partial charge in [0.1, 0.15) is 17.2 Å². The van der Waals surface area contributed by atoms with Crippen LogP contribution >= 0.6 is 11.8 Å². The molecular weight excluding hydrogens is 627 g/mol. The summed E-state index contributed by atoms with van der Waals surface area (Å²) in [6.07, 6.45) is -4.86. The normalized spacial score (nSPS) is 19.0. The van der Waals surface area contributed by atoms with Gasteiger partial charge < -0.3 is 20.1 Å². The van der Waals surface area contributed by atoms with Gasteiger partial charge in [-0.1, -0.05) is 56.5 Å². The van der Waals surface area contributed by atoms with Crippen LogP contribution in [-0.4, -0.2) is 45.7 Å². The van der Waals surface area contributed by atoms with Crippen molar-refractivity contribution in [2.24, 2.45) is 5.92 Å². The van der Waals surface area contributed by atoms with Gasteiger partial charge in [0.25, 0.3) is 0 Å². The van der Waals surface area contributed by atoms with Gasteiger partial charge in [-0.15, -0.1) is 11.8 Å². The maximum absolute atomic E-state index is 13.1. The Morgan fingerprint density at radius 3 is 2.17 bits per heavy atom. The zero-order valence-electron chi connectivity index (χ0n) is 25.5. The number of carboxylic acid groups (broad SMARTS) is 1. The Kier molecular flexibility index (Phi) is 11.5. The van der Waals surface area contributed by atoms with Crippen LogP contribution in [0.4, 0.5) is 22.0 Å². The molecule has 1 heterocycles. The number of fused-ring (bicyclic) bond motifs is 1. The first-order valence-electron chi connectivity index (χ1n) is 15.4. The Bertz CT molecular complexity index is 1450.